The first-order chi connectivity index (χ1) is 11.5. The van der Waals surface area contributed by atoms with Gasteiger partial charge < -0.3 is 14.8 Å². The molecule has 0 atom stereocenters. The van der Waals surface area contributed by atoms with E-state index in [1.165, 1.54) is 18.3 Å². The number of ether oxygens (including phenoxy) is 2. The highest BCUT2D eigenvalue weighted by Crippen LogP contribution is 2.25. The number of nitrogens with one attached hydrogen (secondary N) is 1. The second-order valence-corrected chi connectivity index (χ2v) is 5.20. The summed E-state index contributed by atoms with van der Waals surface area (Å²) < 4.78 is 34.8. The van der Waals surface area contributed by atoms with Crippen LogP contribution in [0.4, 0.5) is 14.5 Å². The molecule has 7 heteroatoms. The summed E-state index contributed by atoms with van der Waals surface area (Å²) in [5.74, 6) is 0.0952. The normalized spacial score (nSPS) is 10.8. The summed E-state index contributed by atoms with van der Waals surface area (Å²) in [6.45, 7) is 2.99. The van der Waals surface area contributed by atoms with E-state index >= 15 is 0 Å². The summed E-state index contributed by atoms with van der Waals surface area (Å²) in [6, 6.07) is 9.81. The summed E-state index contributed by atoms with van der Waals surface area (Å²) in [5, 5.41) is 2.73. The molecule has 1 aromatic carbocycles. The van der Waals surface area contributed by atoms with Gasteiger partial charge in [-0.05, 0) is 32.0 Å². The third-order valence-corrected chi connectivity index (χ3v) is 2.85. The largest absolute Gasteiger partial charge is 0.489 e. The van der Waals surface area contributed by atoms with Crippen molar-refractivity contribution < 1.29 is 23.0 Å². The van der Waals surface area contributed by atoms with Gasteiger partial charge in [-0.15, -0.1) is 0 Å². The quantitative estimate of drug-likeness (QED) is 0.836. The number of rotatable bonds is 7. The molecule has 0 bridgehead atoms. The Bertz CT molecular complexity index is 693. The molecule has 0 saturated heterocycles. The van der Waals surface area contributed by atoms with Crippen LogP contribution >= 0.6 is 0 Å². The average Bonchev–Trinajstić information content (AvgIpc) is 2.54. The van der Waals surface area contributed by atoms with Crippen molar-refractivity contribution in [3.63, 3.8) is 0 Å². The molecule has 0 saturated carbocycles. The van der Waals surface area contributed by atoms with Gasteiger partial charge in [0.1, 0.15) is 5.75 Å². The molecule has 0 radical (unpaired) electrons. The first-order valence-corrected chi connectivity index (χ1v) is 7.39. The number of hydrogen-bond acceptors (Lipinski definition) is 4. The highest BCUT2D eigenvalue weighted by molar-refractivity contribution is 6.05. The number of hydrogen-bond donors (Lipinski definition) is 1. The molecule has 2 rings (SSSR count). The van der Waals surface area contributed by atoms with E-state index in [1.807, 2.05) is 13.8 Å². The lowest BCUT2D eigenvalue weighted by atomic mass is 10.2. The Morgan fingerprint density at radius 3 is 2.71 bits per heavy atom. The second kappa shape index (κ2) is 8.24. The van der Waals surface area contributed by atoms with E-state index in [0.29, 0.717) is 11.4 Å². The maximum absolute atomic E-state index is 12.3. The molecule has 0 unspecified atom stereocenters. The molecule has 1 amide bonds. The Kier molecular flexibility index (Phi) is 6.06. The number of alkyl halides is 2. The number of anilines is 1. The van der Waals surface area contributed by atoms with Gasteiger partial charge in [0.25, 0.3) is 12.3 Å². The first-order valence-electron chi connectivity index (χ1n) is 7.39. The molecule has 5 nitrogen and oxygen atoms in total. The van der Waals surface area contributed by atoms with E-state index in [0.717, 1.165) is 0 Å². The fourth-order valence-electron chi connectivity index (χ4n) is 1.90. The van der Waals surface area contributed by atoms with Gasteiger partial charge in [0, 0.05) is 17.8 Å². The third-order valence-electron chi connectivity index (χ3n) is 2.85. The molecular weight excluding hydrogens is 318 g/mol. The molecule has 1 N–H and O–H groups in total. The Morgan fingerprint density at radius 2 is 2.00 bits per heavy atom. The van der Waals surface area contributed by atoms with Crippen molar-refractivity contribution in [3.05, 3.63) is 48.2 Å². The van der Waals surface area contributed by atoms with Crippen molar-refractivity contribution in [3.8, 4) is 11.6 Å². The van der Waals surface area contributed by atoms with Crippen molar-refractivity contribution in [1.29, 1.82) is 0 Å². The number of carbonyl (C=O) groups is 1. The Balaban J connectivity index is 2.11. The molecule has 0 aliphatic carbocycles. The predicted molar refractivity (Wildman–Crippen MR) is 85.9 cm³/mol. The maximum Gasteiger partial charge on any atom is 0.272 e. The van der Waals surface area contributed by atoms with Gasteiger partial charge in [0.2, 0.25) is 5.88 Å². The number of benzene rings is 1. The highest BCUT2D eigenvalue weighted by atomic mass is 19.3. The van der Waals surface area contributed by atoms with E-state index in [-0.39, 0.29) is 17.5 Å². The third kappa shape index (κ3) is 5.19. The first kappa shape index (κ1) is 17.7. The number of amides is 1. The molecule has 0 aliphatic heterocycles. The summed E-state index contributed by atoms with van der Waals surface area (Å²) in [7, 11) is 0. The van der Waals surface area contributed by atoms with Crippen LogP contribution in [-0.4, -0.2) is 30.0 Å². The van der Waals surface area contributed by atoms with Crippen LogP contribution in [-0.2, 0) is 0 Å². The van der Waals surface area contributed by atoms with Crippen molar-refractivity contribution in [2.45, 2.75) is 26.4 Å². The predicted octanol–water partition coefficient (Wildman–Crippen LogP) is 3.77. The van der Waals surface area contributed by atoms with Gasteiger partial charge in [-0.2, -0.15) is 0 Å². The van der Waals surface area contributed by atoms with Gasteiger partial charge >= 0.3 is 0 Å². The van der Waals surface area contributed by atoms with E-state index in [4.69, 9.17) is 9.47 Å². The minimum atomic E-state index is -2.61. The van der Waals surface area contributed by atoms with Crippen LogP contribution in [0.2, 0.25) is 0 Å². The lowest BCUT2D eigenvalue weighted by Gasteiger charge is -2.15. The van der Waals surface area contributed by atoms with Crippen LogP contribution in [0.5, 0.6) is 11.6 Å². The molecule has 1 heterocycles. The fraction of sp³-hybridized carbons (Fsp3) is 0.294. The van der Waals surface area contributed by atoms with Gasteiger partial charge in [0.15, 0.2) is 6.61 Å². The molecule has 0 fully saturated rings. The second-order valence-electron chi connectivity index (χ2n) is 5.20. The number of pyridine rings is 1. The molecular formula is C17H18F2N2O3. The smallest absolute Gasteiger partial charge is 0.272 e. The van der Waals surface area contributed by atoms with Crippen molar-refractivity contribution in [2.24, 2.45) is 0 Å². The van der Waals surface area contributed by atoms with Crippen molar-refractivity contribution in [1.82, 2.24) is 4.98 Å². The molecule has 0 aliphatic rings. The Labute approximate surface area is 138 Å². The van der Waals surface area contributed by atoms with Crippen LogP contribution in [0.25, 0.3) is 0 Å². The zero-order chi connectivity index (χ0) is 17.5. The highest BCUT2D eigenvalue weighted by Gasteiger charge is 2.12. The summed E-state index contributed by atoms with van der Waals surface area (Å²) in [4.78, 5) is 16.1. The maximum atomic E-state index is 12.3. The topological polar surface area (TPSA) is 60.5 Å². The van der Waals surface area contributed by atoms with Crippen LogP contribution in [0.15, 0.2) is 42.6 Å². The van der Waals surface area contributed by atoms with E-state index in [1.54, 1.807) is 24.3 Å². The molecule has 0 spiro atoms. The Morgan fingerprint density at radius 1 is 1.25 bits per heavy atom. The van der Waals surface area contributed by atoms with Gasteiger partial charge in [-0.3, -0.25) is 4.79 Å². The summed E-state index contributed by atoms with van der Waals surface area (Å²) in [6.07, 6.45) is -1.32. The zero-order valence-corrected chi connectivity index (χ0v) is 13.3. The Hall–Kier alpha value is -2.70. The van der Waals surface area contributed by atoms with Gasteiger partial charge in [-0.1, -0.05) is 12.1 Å². The zero-order valence-electron chi connectivity index (χ0n) is 13.3. The van der Waals surface area contributed by atoms with Crippen LogP contribution in [0.3, 0.4) is 0 Å². The van der Waals surface area contributed by atoms with Crippen molar-refractivity contribution >= 4 is 11.6 Å². The number of halogens is 2. The SMILES string of the molecule is CC(C)Oc1ccccc1NC(=O)c1ccnc(OCC(F)F)c1. The fourth-order valence-corrected chi connectivity index (χ4v) is 1.90. The van der Waals surface area contributed by atoms with Crippen LogP contribution in [0, 0.1) is 0 Å². The molecule has 24 heavy (non-hydrogen) atoms. The number of para-hydroxylation sites is 2. The number of aromatic nitrogens is 1. The number of nitrogens with zero attached hydrogens (tertiary/aromatic N) is 1. The molecule has 1 aromatic heterocycles. The van der Waals surface area contributed by atoms with E-state index < -0.39 is 18.9 Å². The molecule has 128 valence electrons. The molecule has 2 aromatic rings. The van der Waals surface area contributed by atoms with Gasteiger partial charge in [0.05, 0.1) is 11.8 Å². The lowest BCUT2D eigenvalue weighted by molar-refractivity contribution is 0.0795. The van der Waals surface area contributed by atoms with Crippen LogP contribution in [0.1, 0.15) is 24.2 Å². The van der Waals surface area contributed by atoms with E-state index in [9.17, 15) is 13.6 Å². The monoisotopic (exact) mass is 336 g/mol. The average molecular weight is 336 g/mol. The lowest BCUT2D eigenvalue weighted by Crippen LogP contribution is -2.15. The van der Waals surface area contributed by atoms with Crippen molar-refractivity contribution in [2.75, 3.05) is 11.9 Å². The standard InChI is InChI=1S/C17H18F2N2O3/c1-11(2)24-14-6-4-3-5-13(14)21-17(22)12-7-8-20-16(9-12)23-10-15(18)19/h3-9,11,15H,10H2,1-2H3,(H,21,22). The minimum absolute atomic E-state index is 0.0327. The summed E-state index contributed by atoms with van der Waals surface area (Å²) >= 11 is 0. The van der Waals surface area contributed by atoms with Gasteiger partial charge in [-0.25, -0.2) is 13.8 Å². The van der Waals surface area contributed by atoms with Crippen LogP contribution < -0.4 is 14.8 Å². The van der Waals surface area contributed by atoms with E-state index in [2.05, 4.69) is 10.3 Å². The number of carbonyl (C=O) groups excluding carboxylic acids is 1. The minimum Gasteiger partial charge on any atom is -0.489 e. The summed E-state index contributed by atoms with van der Waals surface area (Å²) in [5.41, 5.74) is 0.761.